The summed E-state index contributed by atoms with van der Waals surface area (Å²) >= 11 is 24.0. The molecular weight excluding hydrogens is 430 g/mol. The van der Waals surface area contributed by atoms with Crippen molar-refractivity contribution >= 4 is 58.2 Å². The van der Waals surface area contributed by atoms with Crippen molar-refractivity contribution < 1.29 is 9.59 Å². The molecule has 0 heterocycles. The summed E-state index contributed by atoms with van der Waals surface area (Å²) in [6.07, 6.45) is 8.61. The van der Waals surface area contributed by atoms with E-state index < -0.39 is 19.5 Å². The van der Waals surface area contributed by atoms with Gasteiger partial charge in [0.15, 0.2) is 0 Å². The van der Waals surface area contributed by atoms with Crippen LogP contribution >= 0.6 is 46.4 Å². The van der Waals surface area contributed by atoms with Gasteiger partial charge in [-0.3, -0.25) is 9.59 Å². The van der Waals surface area contributed by atoms with Crippen LogP contribution in [-0.2, 0) is 9.59 Å². The van der Waals surface area contributed by atoms with Gasteiger partial charge in [-0.1, -0.05) is 32.1 Å². The number of halogens is 4. The van der Waals surface area contributed by atoms with E-state index in [1.54, 1.807) is 13.8 Å². The fraction of sp³-hybridized carbons (Fsp3) is 0.895. The Labute approximate surface area is 182 Å². The van der Waals surface area contributed by atoms with E-state index in [4.69, 9.17) is 46.4 Å². The van der Waals surface area contributed by atoms with Gasteiger partial charge in [0.25, 0.3) is 0 Å². The van der Waals surface area contributed by atoms with Crippen LogP contribution in [0, 0.1) is 10.8 Å². The third-order valence-electron chi connectivity index (χ3n) is 5.94. The van der Waals surface area contributed by atoms with Crippen LogP contribution in [-0.4, -0.2) is 33.6 Å². The van der Waals surface area contributed by atoms with Gasteiger partial charge in [0.1, 0.15) is 8.67 Å². The van der Waals surface area contributed by atoms with E-state index in [9.17, 15) is 9.59 Å². The van der Waals surface area contributed by atoms with Gasteiger partial charge in [0.05, 0.1) is 10.8 Å². The number of carbonyl (C=O) groups is 2. The number of hydrogen-bond acceptors (Lipinski definition) is 2. The highest BCUT2D eigenvalue weighted by Crippen LogP contribution is 2.64. The predicted octanol–water partition coefficient (Wildman–Crippen LogP) is 5.12. The molecule has 0 unspecified atom stereocenters. The van der Waals surface area contributed by atoms with Crippen LogP contribution in [0.25, 0.3) is 0 Å². The summed E-state index contributed by atoms with van der Waals surface area (Å²) in [6, 6.07) is 0. The molecule has 0 saturated heterocycles. The van der Waals surface area contributed by atoms with Crippen LogP contribution in [0.3, 0.4) is 0 Å². The van der Waals surface area contributed by atoms with Crippen LogP contribution in [0.15, 0.2) is 0 Å². The van der Waals surface area contributed by atoms with Crippen molar-refractivity contribution in [1.82, 2.24) is 10.6 Å². The average Bonchev–Trinajstić information content (AvgIpc) is 3.31. The molecule has 2 aliphatic carbocycles. The molecule has 2 rings (SSSR count). The summed E-state index contributed by atoms with van der Waals surface area (Å²) in [7, 11) is 0. The van der Waals surface area contributed by atoms with E-state index in [0.29, 0.717) is 25.9 Å². The zero-order chi connectivity index (χ0) is 20.3. The third kappa shape index (κ3) is 5.58. The molecule has 2 aliphatic rings. The first-order valence-electron chi connectivity index (χ1n) is 9.79. The first-order chi connectivity index (χ1) is 12.5. The molecule has 156 valence electrons. The van der Waals surface area contributed by atoms with E-state index >= 15 is 0 Å². The van der Waals surface area contributed by atoms with Gasteiger partial charge in [-0.2, -0.15) is 0 Å². The quantitative estimate of drug-likeness (QED) is 0.314. The van der Waals surface area contributed by atoms with Gasteiger partial charge < -0.3 is 10.6 Å². The third-order valence-corrected chi connectivity index (χ3v) is 8.15. The minimum Gasteiger partial charge on any atom is -0.356 e. The van der Waals surface area contributed by atoms with Crippen LogP contribution in [0.5, 0.6) is 0 Å². The first kappa shape index (κ1) is 23.4. The molecule has 4 nitrogen and oxygen atoms in total. The maximum Gasteiger partial charge on any atom is 0.229 e. The van der Waals surface area contributed by atoms with Gasteiger partial charge in [-0.05, 0) is 39.5 Å². The Kier molecular flexibility index (Phi) is 7.66. The molecule has 27 heavy (non-hydrogen) atoms. The number of nitrogens with one attached hydrogen (secondary N) is 2. The number of alkyl halides is 4. The Hall–Kier alpha value is 0.1000. The lowest BCUT2D eigenvalue weighted by atomic mass is 10.1. The molecule has 0 radical (unpaired) electrons. The van der Waals surface area contributed by atoms with E-state index in [-0.39, 0.29) is 11.8 Å². The van der Waals surface area contributed by atoms with Crippen molar-refractivity contribution in [3.8, 4) is 0 Å². The summed E-state index contributed by atoms with van der Waals surface area (Å²) in [6.45, 7) is 4.95. The minimum absolute atomic E-state index is 0.0461. The standard InChI is InChI=1S/C19H30Cl4N2O2/c1-16(12-18(16,20)21)14(26)24-10-8-6-4-3-5-7-9-11-25-15(27)17(2)13-19(17,22)23/h3-13H2,1-2H3,(H,24,26)(H,25,27)/t16-,17+. The minimum atomic E-state index is -0.899. The predicted molar refractivity (Wildman–Crippen MR) is 113 cm³/mol. The zero-order valence-corrected chi connectivity index (χ0v) is 19.1. The fourth-order valence-corrected chi connectivity index (χ4v) is 4.63. The molecule has 2 atom stereocenters. The number of rotatable bonds is 12. The second kappa shape index (κ2) is 8.85. The van der Waals surface area contributed by atoms with Crippen LogP contribution in [0.4, 0.5) is 0 Å². The summed E-state index contributed by atoms with van der Waals surface area (Å²) in [5.74, 6) is -0.0923. The van der Waals surface area contributed by atoms with Crippen molar-refractivity contribution in [3.05, 3.63) is 0 Å². The highest BCUT2D eigenvalue weighted by molar-refractivity contribution is 6.53. The topological polar surface area (TPSA) is 58.2 Å². The van der Waals surface area contributed by atoms with Crippen molar-refractivity contribution in [1.29, 1.82) is 0 Å². The van der Waals surface area contributed by atoms with Gasteiger partial charge in [0.2, 0.25) is 11.8 Å². The summed E-state index contributed by atoms with van der Waals surface area (Å²) in [5, 5.41) is 5.85. The fourth-order valence-electron chi connectivity index (χ4n) is 3.22. The molecule has 0 aliphatic heterocycles. The maximum absolute atomic E-state index is 12.0. The summed E-state index contributed by atoms with van der Waals surface area (Å²) < 4.78 is -1.80. The van der Waals surface area contributed by atoms with Gasteiger partial charge in [-0.15, -0.1) is 46.4 Å². The van der Waals surface area contributed by atoms with Gasteiger partial charge in [-0.25, -0.2) is 0 Å². The van der Waals surface area contributed by atoms with Crippen molar-refractivity contribution in [2.75, 3.05) is 13.1 Å². The molecule has 2 amide bonds. The molecule has 0 bridgehead atoms. The summed E-state index contributed by atoms with van der Waals surface area (Å²) in [4.78, 5) is 24.0. The Morgan fingerprint density at radius 3 is 1.19 bits per heavy atom. The molecule has 2 fully saturated rings. The Bertz CT molecular complexity index is 522. The lowest BCUT2D eigenvalue weighted by molar-refractivity contribution is -0.126. The van der Waals surface area contributed by atoms with Gasteiger partial charge in [0, 0.05) is 13.1 Å². The molecule has 0 aromatic heterocycles. The monoisotopic (exact) mass is 458 g/mol. The van der Waals surface area contributed by atoms with Gasteiger partial charge >= 0.3 is 0 Å². The highest BCUT2D eigenvalue weighted by atomic mass is 35.5. The van der Waals surface area contributed by atoms with Crippen LogP contribution < -0.4 is 10.6 Å². The molecule has 0 aromatic rings. The van der Waals surface area contributed by atoms with Crippen LogP contribution in [0.2, 0.25) is 0 Å². The smallest absolute Gasteiger partial charge is 0.229 e. The molecule has 2 saturated carbocycles. The Morgan fingerprint density at radius 1 is 0.667 bits per heavy atom. The van der Waals surface area contributed by atoms with Crippen molar-refractivity contribution in [2.45, 2.75) is 80.3 Å². The van der Waals surface area contributed by atoms with E-state index in [2.05, 4.69) is 10.6 Å². The maximum atomic E-state index is 12.0. The highest BCUT2D eigenvalue weighted by Gasteiger charge is 2.68. The first-order valence-corrected chi connectivity index (χ1v) is 11.3. The van der Waals surface area contributed by atoms with E-state index in [0.717, 1.165) is 44.9 Å². The van der Waals surface area contributed by atoms with Crippen molar-refractivity contribution in [3.63, 3.8) is 0 Å². The average molecular weight is 460 g/mol. The normalized spacial score (nSPS) is 29.9. The van der Waals surface area contributed by atoms with E-state index in [1.807, 2.05) is 0 Å². The number of carbonyl (C=O) groups excluding carboxylic acids is 2. The number of hydrogen-bond donors (Lipinski definition) is 2. The van der Waals surface area contributed by atoms with Crippen molar-refractivity contribution in [2.24, 2.45) is 10.8 Å². The van der Waals surface area contributed by atoms with Crippen LogP contribution in [0.1, 0.15) is 71.6 Å². The molecule has 0 spiro atoms. The molecule has 2 N–H and O–H groups in total. The second-order valence-electron chi connectivity index (χ2n) is 8.41. The second-order valence-corrected chi connectivity index (χ2v) is 11.4. The lowest BCUT2D eigenvalue weighted by Gasteiger charge is -2.12. The molecule has 8 heteroatoms. The number of unbranched alkanes of at least 4 members (excludes halogenated alkanes) is 6. The molecule has 0 aromatic carbocycles. The zero-order valence-electron chi connectivity index (χ0n) is 16.1. The Balaban J connectivity index is 1.37. The summed E-state index contributed by atoms with van der Waals surface area (Å²) in [5.41, 5.74) is -1.25. The van der Waals surface area contributed by atoms with E-state index in [1.165, 1.54) is 0 Å². The lowest BCUT2D eigenvalue weighted by Crippen LogP contribution is -2.33. The molecular formula is C19H30Cl4N2O2. The largest absolute Gasteiger partial charge is 0.356 e. The number of amides is 2. The SMILES string of the molecule is C[C@@]1(C(=O)NCCCCCCCCCNC(=O)[C@@]2(C)CC2(Cl)Cl)CC1(Cl)Cl. The Morgan fingerprint density at radius 2 is 0.926 bits per heavy atom.